The van der Waals surface area contributed by atoms with Gasteiger partial charge in [0.05, 0.1) is 19.0 Å². The van der Waals surface area contributed by atoms with Crippen LogP contribution in [0.3, 0.4) is 0 Å². The van der Waals surface area contributed by atoms with E-state index in [4.69, 9.17) is 0 Å². The number of carbonyl (C=O) groups is 3. The molecule has 3 unspecified atom stereocenters. The molecule has 0 spiro atoms. The molecule has 6 rings (SSSR count). The molecule has 6 nitrogen and oxygen atoms in total. The standard InChI is InChI=1S/C32H31F2N3O3/c1-32(13-14-32)24-12-11-22(15-25(24)34)30(20-7-3-2-4-8-20)35-31(40)27-17-23(33)18-36(27)29(39)19-37-26-10-6-5-9-21(26)16-28(37)38/h2-12,15,23,27,30H,13-14,16-19H2,1H3,(H,35,40). The van der Waals surface area contributed by atoms with Crippen molar-refractivity contribution in [2.24, 2.45) is 0 Å². The Morgan fingerprint density at radius 2 is 1.75 bits per heavy atom. The first-order valence-corrected chi connectivity index (χ1v) is 13.7. The van der Waals surface area contributed by atoms with Gasteiger partial charge in [0.15, 0.2) is 0 Å². The first-order chi connectivity index (χ1) is 19.2. The highest BCUT2D eigenvalue weighted by atomic mass is 19.1. The molecule has 1 saturated heterocycles. The number of likely N-dealkylation sites (tertiary alicyclic amines) is 1. The summed E-state index contributed by atoms with van der Waals surface area (Å²) in [5.74, 6) is -1.53. The minimum atomic E-state index is -1.37. The molecule has 3 aromatic carbocycles. The smallest absolute Gasteiger partial charge is 0.243 e. The Balaban J connectivity index is 1.23. The van der Waals surface area contributed by atoms with Crippen LogP contribution in [0.5, 0.6) is 0 Å². The van der Waals surface area contributed by atoms with Gasteiger partial charge in [-0.3, -0.25) is 14.4 Å². The quantitative estimate of drug-likeness (QED) is 0.473. The zero-order valence-corrected chi connectivity index (χ0v) is 22.3. The third-order valence-corrected chi connectivity index (χ3v) is 8.49. The number of rotatable bonds is 7. The van der Waals surface area contributed by atoms with Crippen molar-refractivity contribution in [1.82, 2.24) is 10.2 Å². The maximum absolute atomic E-state index is 15.2. The number of hydrogen-bond acceptors (Lipinski definition) is 3. The fourth-order valence-electron chi connectivity index (χ4n) is 5.92. The van der Waals surface area contributed by atoms with Gasteiger partial charge < -0.3 is 15.1 Å². The molecule has 40 heavy (non-hydrogen) atoms. The second-order valence-corrected chi connectivity index (χ2v) is 11.3. The molecule has 3 atom stereocenters. The average molecular weight is 544 g/mol. The number of hydrogen-bond donors (Lipinski definition) is 1. The van der Waals surface area contributed by atoms with Crippen molar-refractivity contribution in [3.8, 4) is 0 Å². The molecular formula is C32H31F2N3O3. The number of nitrogens with one attached hydrogen (secondary N) is 1. The molecule has 206 valence electrons. The number of para-hydroxylation sites is 1. The van der Waals surface area contributed by atoms with E-state index in [9.17, 15) is 18.8 Å². The summed E-state index contributed by atoms with van der Waals surface area (Å²) in [6.45, 7) is 1.55. The summed E-state index contributed by atoms with van der Waals surface area (Å²) in [6.07, 6.45) is 0.563. The highest BCUT2D eigenvalue weighted by Gasteiger charge is 2.43. The number of halogens is 2. The fourth-order valence-corrected chi connectivity index (χ4v) is 5.92. The van der Waals surface area contributed by atoms with E-state index < -0.39 is 30.1 Å². The Hall–Kier alpha value is -4.07. The van der Waals surface area contributed by atoms with Crippen LogP contribution < -0.4 is 10.2 Å². The summed E-state index contributed by atoms with van der Waals surface area (Å²) >= 11 is 0. The van der Waals surface area contributed by atoms with Crippen molar-refractivity contribution in [3.05, 3.63) is 101 Å². The molecule has 1 N–H and O–H groups in total. The molecule has 2 fully saturated rings. The lowest BCUT2D eigenvalue weighted by atomic mass is 9.92. The largest absolute Gasteiger partial charge is 0.343 e. The molecule has 3 amide bonds. The van der Waals surface area contributed by atoms with Gasteiger partial charge in [0.1, 0.15) is 24.6 Å². The average Bonchev–Trinajstić information content (AvgIpc) is 3.44. The fraction of sp³-hybridized carbons (Fsp3) is 0.344. The van der Waals surface area contributed by atoms with E-state index in [1.54, 1.807) is 18.2 Å². The summed E-state index contributed by atoms with van der Waals surface area (Å²) in [5.41, 5.74) is 3.32. The van der Waals surface area contributed by atoms with Gasteiger partial charge in [0, 0.05) is 12.1 Å². The van der Waals surface area contributed by atoms with Crippen LogP contribution in [0, 0.1) is 5.82 Å². The van der Waals surface area contributed by atoms with Crippen LogP contribution in [0.25, 0.3) is 0 Å². The maximum atomic E-state index is 15.2. The monoisotopic (exact) mass is 543 g/mol. The van der Waals surface area contributed by atoms with Gasteiger partial charge in [-0.05, 0) is 52.6 Å². The van der Waals surface area contributed by atoms with Gasteiger partial charge in [-0.15, -0.1) is 0 Å². The van der Waals surface area contributed by atoms with E-state index in [2.05, 4.69) is 5.32 Å². The van der Waals surface area contributed by atoms with Crippen LogP contribution in [0.2, 0.25) is 0 Å². The summed E-state index contributed by atoms with van der Waals surface area (Å²) in [7, 11) is 0. The zero-order valence-electron chi connectivity index (χ0n) is 22.3. The number of anilines is 1. The van der Waals surface area contributed by atoms with Crippen LogP contribution in [0.4, 0.5) is 14.5 Å². The minimum absolute atomic E-state index is 0.144. The highest BCUT2D eigenvalue weighted by molar-refractivity contribution is 6.05. The summed E-state index contributed by atoms with van der Waals surface area (Å²) in [4.78, 5) is 42.2. The van der Waals surface area contributed by atoms with Crippen molar-refractivity contribution in [3.63, 3.8) is 0 Å². The van der Waals surface area contributed by atoms with Crippen LogP contribution in [-0.2, 0) is 26.2 Å². The Morgan fingerprint density at radius 3 is 2.48 bits per heavy atom. The number of amides is 3. The number of fused-ring (bicyclic) bond motifs is 1. The number of carbonyl (C=O) groups excluding carboxylic acids is 3. The Labute approximate surface area is 232 Å². The molecule has 0 radical (unpaired) electrons. The van der Waals surface area contributed by atoms with Crippen molar-refractivity contribution < 1.29 is 23.2 Å². The van der Waals surface area contributed by atoms with E-state index in [0.717, 1.165) is 24.0 Å². The van der Waals surface area contributed by atoms with Gasteiger partial charge in [-0.2, -0.15) is 0 Å². The Kier molecular flexibility index (Phi) is 6.64. The Bertz CT molecular complexity index is 1470. The van der Waals surface area contributed by atoms with Gasteiger partial charge in [0.2, 0.25) is 17.7 Å². The molecule has 0 aromatic heterocycles. The minimum Gasteiger partial charge on any atom is -0.343 e. The van der Waals surface area contributed by atoms with Gasteiger partial charge in [-0.25, -0.2) is 8.78 Å². The SMILES string of the molecule is CC1(c2ccc(C(NC(=O)C3CC(F)CN3C(=O)CN3C(=O)Cc4ccccc43)c3ccccc3)cc2F)CC1. The van der Waals surface area contributed by atoms with Crippen LogP contribution in [0.15, 0.2) is 72.8 Å². The lowest BCUT2D eigenvalue weighted by molar-refractivity contribution is -0.138. The zero-order chi connectivity index (χ0) is 28.0. The predicted molar refractivity (Wildman–Crippen MR) is 147 cm³/mol. The van der Waals surface area contributed by atoms with E-state index in [-0.39, 0.29) is 43.1 Å². The molecule has 1 aliphatic carbocycles. The molecular weight excluding hydrogens is 512 g/mol. The molecule has 1 saturated carbocycles. The van der Waals surface area contributed by atoms with E-state index in [1.165, 1.54) is 15.9 Å². The van der Waals surface area contributed by atoms with Crippen molar-refractivity contribution >= 4 is 23.4 Å². The van der Waals surface area contributed by atoms with Gasteiger partial charge in [0.25, 0.3) is 0 Å². The van der Waals surface area contributed by atoms with Crippen molar-refractivity contribution in [2.45, 2.75) is 56.3 Å². The molecule has 3 aliphatic rings. The third-order valence-electron chi connectivity index (χ3n) is 8.49. The molecule has 2 aliphatic heterocycles. The van der Waals surface area contributed by atoms with Crippen molar-refractivity contribution in [1.29, 1.82) is 0 Å². The van der Waals surface area contributed by atoms with Gasteiger partial charge >= 0.3 is 0 Å². The molecule has 2 heterocycles. The summed E-state index contributed by atoms with van der Waals surface area (Å²) in [5, 5.41) is 2.97. The summed E-state index contributed by atoms with van der Waals surface area (Å²) in [6, 6.07) is 19.8. The molecule has 8 heteroatoms. The number of alkyl halides is 1. The predicted octanol–water partition coefficient (Wildman–Crippen LogP) is 4.61. The van der Waals surface area contributed by atoms with Crippen LogP contribution in [-0.4, -0.2) is 47.9 Å². The van der Waals surface area contributed by atoms with E-state index in [1.807, 2.05) is 55.5 Å². The highest BCUT2D eigenvalue weighted by Crippen LogP contribution is 2.48. The Morgan fingerprint density at radius 1 is 1.02 bits per heavy atom. The maximum Gasteiger partial charge on any atom is 0.243 e. The normalized spacial score (nSPS) is 21.7. The van der Waals surface area contributed by atoms with Crippen LogP contribution in [0.1, 0.15) is 54.5 Å². The number of nitrogens with zero attached hydrogens (tertiary/aromatic N) is 2. The van der Waals surface area contributed by atoms with Crippen molar-refractivity contribution in [2.75, 3.05) is 18.0 Å². The molecule has 0 bridgehead atoms. The lowest BCUT2D eigenvalue weighted by Crippen LogP contribution is -2.50. The first kappa shape index (κ1) is 26.2. The van der Waals surface area contributed by atoms with E-state index >= 15 is 4.39 Å². The first-order valence-electron chi connectivity index (χ1n) is 13.7. The molecule has 3 aromatic rings. The topological polar surface area (TPSA) is 69.7 Å². The lowest BCUT2D eigenvalue weighted by Gasteiger charge is -2.28. The second-order valence-electron chi connectivity index (χ2n) is 11.3. The van der Waals surface area contributed by atoms with Crippen LogP contribution >= 0.6 is 0 Å². The third kappa shape index (κ3) is 4.87. The second kappa shape index (κ2) is 10.2. The van der Waals surface area contributed by atoms with E-state index in [0.29, 0.717) is 16.8 Å². The number of benzene rings is 3. The summed E-state index contributed by atoms with van der Waals surface area (Å²) < 4.78 is 29.9. The van der Waals surface area contributed by atoms with Gasteiger partial charge in [-0.1, -0.05) is 67.6 Å².